The van der Waals surface area contributed by atoms with E-state index in [4.69, 9.17) is 15.0 Å². The largest absolute Gasteiger partial charge is 0.497 e. The van der Waals surface area contributed by atoms with E-state index in [0.29, 0.717) is 23.8 Å². The van der Waals surface area contributed by atoms with Crippen LogP contribution in [0, 0.1) is 0 Å². The van der Waals surface area contributed by atoms with E-state index < -0.39 is 0 Å². The van der Waals surface area contributed by atoms with Crippen molar-refractivity contribution in [2.24, 2.45) is 0 Å². The highest BCUT2D eigenvalue weighted by Gasteiger charge is 2.09. The van der Waals surface area contributed by atoms with Crippen molar-refractivity contribution in [1.29, 1.82) is 0 Å². The van der Waals surface area contributed by atoms with Gasteiger partial charge in [0.1, 0.15) is 5.75 Å². The van der Waals surface area contributed by atoms with E-state index in [0.717, 1.165) is 16.9 Å². The second-order valence-electron chi connectivity index (χ2n) is 4.66. The molecule has 0 saturated heterocycles. The predicted octanol–water partition coefficient (Wildman–Crippen LogP) is 2.92. The molecule has 2 aromatic carbocycles. The summed E-state index contributed by atoms with van der Waals surface area (Å²) in [5.41, 5.74) is 8.31. The van der Waals surface area contributed by atoms with Crippen LogP contribution >= 0.6 is 0 Å². The predicted molar refractivity (Wildman–Crippen MR) is 79.9 cm³/mol. The van der Waals surface area contributed by atoms with Crippen LogP contribution in [-0.4, -0.2) is 17.3 Å². The fourth-order valence-corrected chi connectivity index (χ4v) is 2.03. The summed E-state index contributed by atoms with van der Waals surface area (Å²) in [6.07, 6.45) is 0.569. The van der Waals surface area contributed by atoms with Crippen LogP contribution in [0.3, 0.4) is 0 Å². The zero-order chi connectivity index (χ0) is 14.7. The third-order valence-corrected chi connectivity index (χ3v) is 3.13. The van der Waals surface area contributed by atoms with Gasteiger partial charge in [-0.25, -0.2) is 0 Å². The summed E-state index contributed by atoms with van der Waals surface area (Å²) in [7, 11) is 1.64. The summed E-state index contributed by atoms with van der Waals surface area (Å²) in [5.74, 6) is 1.94. The van der Waals surface area contributed by atoms with E-state index in [1.165, 1.54) is 0 Å². The molecule has 0 radical (unpaired) electrons. The van der Waals surface area contributed by atoms with Crippen LogP contribution in [0.15, 0.2) is 53.1 Å². The first-order valence-corrected chi connectivity index (χ1v) is 6.56. The van der Waals surface area contributed by atoms with Crippen molar-refractivity contribution in [2.75, 3.05) is 12.8 Å². The Kier molecular flexibility index (Phi) is 3.55. The molecular weight excluding hydrogens is 266 g/mol. The molecule has 0 atom stereocenters. The van der Waals surface area contributed by atoms with Crippen molar-refractivity contribution in [2.45, 2.75) is 6.42 Å². The highest BCUT2D eigenvalue weighted by Crippen LogP contribution is 2.19. The Morgan fingerprint density at radius 1 is 1.14 bits per heavy atom. The molecule has 5 nitrogen and oxygen atoms in total. The molecule has 2 N–H and O–H groups in total. The van der Waals surface area contributed by atoms with Gasteiger partial charge in [0, 0.05) is 11.3 Å². The maximum atomic E-state index is 5.66. The number of benzene rings is 2. The van der Waals surface area contributed by atoms with E-state index in [1.807, 2.05) is 48.5 Å². The number of aromatic nitrogens is 2. The van der Waals surface area contributed by atoms with Gasteiger partial charge >= 0.3 is 0 Å². The van der Waals surface area contributed by atoms with Gasteiger partial charge in [-0.3, -0.25) is 0 Å². The molecule has 0 amide bonds. The second-order valence-corrected chi connectivity index (χ2v) is 4.66. The van der Waals surface area contributed by atoms with Crippen LogP contribution in [0.4, 0.5) is 5.69 Å². The molecule has 0 bridgehead atoms. The molecule has 21 heavy (non-hydrogen) atoms. The van der Waals surface area contributed by atoms with Crippen LogP contribution in [-0.2, 0) is 6.42 Å². The van der Waals surface area contributed by atoms with Crippen LogP contribution in [0.1, 0.15) is 11.5 Å². The van der Waals surface area contributed by atoms with Gasteiger partial charge in [-0.05, 0) is 42.0 Å². The molecule has 1 aromatic heterocycles. The Morgan fingerprint density at radius 3 is 2.71 bits per heavy atom. The Morgan fingerprint density at radius 2 is 1.95 bits per heavy atom. The van der Waals surface area contributed by atoms with Crippen molar-refractivity contribution in [3.8, 4) is 17.1 Å². The first kappa shape index (κ1) is 13.2. The van der Waals surface area contributed by atoms with Crippen molar-refractivity contribution >= 4 is 5.69 Å². The number of anilines is 1. The zero-order valence-corrected chi connectivity index (χ0v) is 11.6. The van der Waals surface area contributed by atoms with E-state index >= 15 is 0 Å². The summed E-state index contributed by atoms with van der Waals surface area (Å²) in [4.78, 5) is 4.40. The van der Waals surface area contributed by atoms with Gasteiger partial charge in [-0.15, -0.1) is 0 Å². The van der Waals surface area contributed by atoms with Crippen molar-refractivity contribution < 1.29 is 9.26 Å². The number of hydrogen-bond donors (Lipinski definition) is 1. The SMILES string of the molecule is COc1cccc(Cc2nc(-c3ccc(N)cc3)no2)c1. The van der Waals surface area contributed by atoms with Gasteiger partial charge < -0.3 is 15.0 Å². The quantitative estimate of drug-likeness (QED) is 0.744. The summed E-state index contributed by atoms with van der Waals surface area (Å²) >= 11 is 0. The molecular formula is C16H15N3O2. The monoisotopic (exact) mass is 281 g/mol. The highest BCUT2D eigenvalue weighted by molar-refractivity contribution is 5.58. The Hall–Kier alpha value is -2.82. The molecule has 0 unspecified atom stereocenters. The van der Waals surface area contributed by atoms with Crippen LogP contribution < -0.4 is 10.5 Å². The Bertz CT molecular complexity index is 735. The minimum atomic E-state index is 0.563. The van der Waals surface area contributed by atoms with E-state index in [1.54, 1.807) is 7.11 Å². The standard InChI is InChI=1S/C16H15N3O2/c1-20-14-4-2-3-11(9-14)10-15-18-16(19-21-15)12-5-7-13(17)8-6-12/h2-9H,10,17H2,1H3. The van der Waals surface area contributed by atoms with E-state index in [9.17, 15) is 0 Å². The molecule has 5 heteroatoms. The molecule has 3 rings (SSSR count). The van der Waals surface area contributed by atoms with Gasteiger partial charge in [-0.1, -0.05) is 17.3 Å². The van der Waals surface area contributed by atoms with E-state index in [2.05, 4.69) is 10.1 Å². The summed E-state index contributed by atoms with van der Waals surface area (Å²) < 4.78 is 10.5. The minimum absolute atomic E-state index is 0.563. The molecule has 0 spiro atoms. The second kappa shape index (κ2) is 5.66. The Balaban J connectivity index is 1.80. The first-order valence-electron chi connectivity index (χ1n) is 6.56. The average molecular weight is 281 g/mol. The topological polar surface area (TPSA) is 74.2 Å². The number of ether oxygens (including phenoxy) is 1. The molecule has 0 aliphatic heterocycles. The van der Waals surface area contributed by atoms with E-state index in [-0.39, 0.29) is 0 Å². The van der Waals surface area contributed by atoms with Gasteiger partial charge in [0.15, 0.2) is 0 Å². The van der Waals surface area contributed by atoms with Crippen LogP contribution in [0.2, 0.25) is 0 Å². The van der Waals surface area contributed by atoms with Crippen LogP contribution in [0.5, 0.6) is 5.75 Å². The minimum Gasteiger partial charge on any atom is -0.497 e. The maximum Gasteiger partial charge on any atom is 0.231 e. The molecule has 106 valence electrons. The summed E-state index contributed by atoms with van der Waals surface area (Å²) in [6.45, 7) is 0. The fraction of sp³-hybridized carbons (Fsp3) is 0.125. The zero-order valence-electron chi connectivity index (χ0n) is 11.6. The van der Waals surface area contributed by atoms with Gasteiger partial charge in [0.25, 0.3) is 0 Å². The molecule has 0 saturated carbocycles. The first-order chi connectivity index (χ1) is 10.2. The normalized spacial score (nSPS) is 10.5. The highest BCUT2D eigenvalue weighted by atomic mass is 16.5. The van der Waals surface area contributed by atoms with Crippen molar-refractivity contribution in [1.82, 2.24) is 10.1 Å². The number of hydrogen-bond acceptors (Lipinski definition) is 5. The number of nitrogen functional groups attached to an aromatic ring is 1. The summed E-state index contributed by atoms with van der Waals surface area (Å²) in [5, 5.41) is 4.00. The molecule has 1 heterocycles. The van der Waals surface area contributed by atoms with Crippen molar-refractivity contribution in [3.63, 3.8) is 0 Å². The lowest BCUT2D eigenvalue weighted by atomic mass is 10.1. The number of rotatable bonds is 4. The molecule has 0 aliphatic carbocycles. The third kappa shape index (κ3) is 3.02. The molecule has 3 aromatic rings. The number of nitrogens with zero attached hydrogens (tertiary/aromatic N) is 2. The number of nitrogens with two attached hydrogens (primary N) is 1. The van der Waals surface area contributed by atoms with Gasteiger partial charge in [-0.2, -0.15) is 4.98 Å². The molecule has 0 aliphatic rings. The maximum absolute atomic E-state index is 5.66. The lowest BCUT2D eigenvalue weighted by molar-refractivity contribution is 0.385. The van der Waals surface area contributed by atoms with Crippen LogP contribution in [0.25, 0.3) is 11.4 Å². The lowest BCUT2D eigenvalue weighted by Gasteiger charge is -2.01. The smallest absolute Gasteiger partial charge is 0.231 e. The third-order valence-electron chi connectivity index (χ3n) is 3.13. The van der Waals surface area contributed by atoms with Gasteiger partial charge in [0.05, 0.1) is 13.5 Å². The van der Waals surface area contributed by atoms with Crippen molar-refractivity contribution in [3.05, 3.63) is 60.0 Å². The fourth-order valence-electron chi connectivity index (χ4n) is 2.03. The summed E-state index contributed by atoms with van der Waals surface area (Å²) in [6, 6.07) is 15.1. The average Bonchev–Trinajstić information content (AvgIpc) is 2.96. The van der Waals surface area contributed by atoms with Gasteiger partial charge in [0.2, 0.25) is 11.7 Å². The Labute approximate surface area is 122 Å². The molecule has 0 fully saturated rings. The lowest BCUT2D eigenvalue weighted by Crippen LogP contribution is -1.90. The number of methoxy groups -OCH3 is 1.